The number of hydrogen-bond donors (Lipinski definition) is 1. The first-order valence-corrected chi connectivity index (χ1v) is 9.66. The highest BCUT2D eigenvalue weighted by Gasteiger charge is 2.28. The van der Waals surface area contributed by atoms with E-state index in [0.29, 0.717) is 11.6 Å². The topological polar surface area (TPSA) is 59.2 Å². The van der Waals surface area contributed by atoms with E-state index in [4.69, 9.17) is 10.7 Å². The Kier molecular flexibility index (Phi) is 4.37. The van der Waals surface area contributed by atoms with Crippen molar-refractivity contribution in [1.29, 1.82) is 0 Å². The van der Waals surface area contributed by atoms with Crippen molar-refractivity contribution in [2.45, 2.75) is 44.6 Å². The maximum absolute atomic E-state index is 11.7. The van der Waals surface area contributed by atoms with E-state index >= 15 is 0 Å². The second-order valence-corrected chi connectivity index (χ2v) is 7.88. The fraction of sp³-hybridized carbons (Fsp3) is 0.474. The van der Waals surface area contributed by atoms with Crippen molar-refractivity contribution in [3.8, 4) is 10.6 Å². The zero-order valence-electron chi connectivity index (χ0n) is 13.8. The summed E-state index contributed by atoms with van der Waals surface area (Å²) in [4.78, 5) is 20.6. The minimum Gasteiger partial charge on any atom is -0.366 e. The predicted octanol–water partition coefficient (Wildman–Crippen LogP) is 3.25. The lowest BCUT2D eigenvalue weighted by atomic mass is 9.94. The standard InChI is InChI=1S/C19H23N3OS/c20-18(23)14-6-2-3-7-15(14)19-21-16-9-8-13(12-17(16)24-19)22-10-4-1-5-11-22/h2-3,6-7,13H,1,4-5,8-12H2,(H2,20,23)/t13-/m0/s1. The number of hydrogen-bond acceptors (Lipinski definition) is 4. The van der Waals surface area contributed by atoms with E-state index in [9.17, 15) is 4.79 Å². The van der Waals surface area contributed by atoms with Crippen LogP contribution in [0.5, 0.6) is 0 Å². The first-order chi connectivity index (χ1) is 11.7. The minimum atomic E-state index is -0.384. The van der Waals surface area contributed by atoms with E-state index in [-0.39, 0.29) is 5.91 Å². The monoisotopic (exact) mass is 341 g/mol. The molecule has 1 aliphatic heterocycles. The minimum absolute atomic E-state index is 0.384. The van der Waals surface area contributed by atoms with Crippen LogP contribution in [0.4, 0.5) is 0 Å². The van der Waals surface area contributed by atoms with Crippen LogP contribution >= 0.6 is 11.3 Å². The molecule has 1 aromatic heterocycles. The van der Waals surface area contributed by atoms with Gasteiger partial charge in [-0.25, -0.2) is 4.98 Å². The molecule has 2 N–H and O–H groups in total. The molecule has 0 spiro atoms. The van der Waals surface area contributed by atoms with E-state index in [1.54, 1.807) is 17.4 Å². The fourth-order valence-corrected chi connectivity index (χ4v) is 5.17. The molecule has 4 nitrogen and oxygen atoms in total. The Morgan fingerprint density at radius 3 is 2.79 bits per heavy atom. The van der Waals surface area contributed by atoms with Gasteiger partial charge in [-0.2, -0.15) is 0 Å². The first kappa shape index (κ1) is 15.8. The van der Waals surface area contributed by atoms with E-state index in [1.165, 1.54) is 49.3 Å². The largest absolute Gasteiger partial charge is 0.366 e. The van der Waals surface area contributed by atoms with Crippen LogP contribution in [0.2, 0.25) is 0 Å². The summed E-state index contributed by atoms with van der Waals surface area (Å²) in [5.74, 6) is -0.384. The van der Waals surface area contributed by atoms with E-state index < -0.39 is 0 Å². The van der Waals surface area contributed by atoms with Crippen molar-refractivity contribution in [1.82, 2.24) is 9.88 Å². The molecule has 1 amide bonds. The van der Waals surface area contributed by atoms with Gasteiger partial charge in [0.05, 0.1) is 5.69 Å². The van der Waals surface area contributed by atoms with Crippen molar-refractivity contribution >= 4 is 17.2 Å². The zero-order valence-corrected chi connectivity index (χ0v) is 14.6. The molecule has 2 heterocycles. The third-order valence-electron chi connectivity index (χ3n) is 5.24. The molecule has 2 aromatic rings. The van der Waals surface area contributed by atoms with Crippen LogP contribution in [-0.2, 0) is 12.8 Å². The number of likely N-dealkylation sites (tertiary alicyclic amines) is 1. The average Bonchev–Trinajstić information content (AvgIpc) is 3.05. The number of nitrogens with two attached hydrogens (primary N) is 1. The summed E-state index contributed by atoms with van der Waals surface area (Å²) in [5, 5.41) is 0.939. The third-order valence-corrected chi connectivity index (χ3v) is 6.40. The summed E-state index contributed by atoms with van der Waals surface area (Å²) in [6.45, 7) is 2.49. The molecular formula is C19H23N3OS. The highest BCUT2D eigenvalue weighted by Crippen LogP contribution is 2.35. The second-order valence-electron chi connectivity index (χ2n) is 6.79. The molecular weight excluding hydrogens is 318 g/mol. The number of rotatable bonds is 3. The van der Waals surface area contributed by atoms with Gasteiger partial charge in [0.1, 0.15) is 5.01 Å². The summed E-state index contributed by atoms with van der Waals surface area (Å²) < 4.78 is 0. The highest BCUT2D eigenvalue weighted by molar-refractivity contribution is 7.15. The molecule has 5 heteroatoms. The van der Waals surface area contributed by atoms with Gasteiger partial charge in [-0.05, 0) is 51.3 Å². The van der Waals surface area contributed by atoms with Crippen molar-refractivity contribution in [3.05, 3.63) is 40.4 Å². The van der Waals surface area contributed by atoms with Gasteiger partial charge in [-0.15, -0.1) is 11.3 Å². The summed E-state index contributed by atoms with van der Waals surface area (Å²) in [7, 11) is 0. The number of aromatic nitrogens is 1. The van der Waals surface area contributed by atoms with E-state index in [1.807, 2.05) is 18.2 Å². The van der Waals surface area contributed by atoms with Crippen molar-refractivity contribution in [3.63, 3.8) is 0 Å². The van der Waals surface area contributed by atoms with Crippen LogP contribution < -0.4 is 5.73 Å². The van der Waals surface area contributed by atoms with Gasteiger partial charge in [0.2, 0.25) is 5.91 Å². The Labute approximate surface area is 146 Å². The number of benzene rings is 1. The predicted molar refractivity (Wildman–Crippen MR) is 97.3 cm³/mol. The lowest BCUT2D eigenvalue weighted by Gasteiger charge is -2.36. The maximum atomic E-state index is 11.7. The maximum Gasteiger partial charge on any atom is 0.249 e. The Bertz CT molecular complexity index is 749. The van der Waals surface area contributed by atoms with Gasteiger partial charge in [0.25, 0.3) is 0 Å². The first-order valence-electron chi connectivity index (χ1n) is 8.84. The number of carbonyl (C=O) groups is 1. The van der Waals surface area contributed by atoms with E-state index in [2.05, 4.69) is 4.90 Å². The number of aryl methyl sites for hydroxylation is 1. The lowest BCUT2D eigenvalue weighted by Crippen LogP contribution is -2.42. The number of thiazole rings is 1. The smallest absolute Gasteiger partial charge is 0.249 e. The van der Waals surface area contributed by atoms with Gasteiger partial charge in [-0.1, -0.05) is 24.6 Å². The van der Waals surface area contributed by atoms with Gasteiger partial charge < -0.3 is 10.6 Å². The Hall–Kier alpha value is -1.72. The number of nitrogens with zero attached hydrogens (tertiary/aromatic N) is 2. The number of carbonyl (C=O) groups excluding carboxylic acids is 1. The normalized spacial score (nSPS) is 21.4. The summed E-state index contributed by atoms with van der Waals surface area (Å²) >= 11 is 1.74. The van der Waals surface area contributed by atoms with Crippen molar-refractivity contribution in [2.75, 3.05) is 13.1 Å². The van der Waals surface area contributed by atoms with Gasteiger partial charge in [0.15, 0.2) is 0 Å². The van der Waals surface area contributed by atoms with Gasteiger partial charge >= 0.3 is 0 Å². The quantitative estimate of drug-likeness (QED) is 0.932. The lowest BCUT2D eigenvalue weighted by molar-refractivity contribution is 0.100. The number of amides is 1. The van der Waals surface area contributed by atoms with Crippen molar-refractivity contribution in [2.24, 2.45) is 5.73 Å². The van der Waals surface area contributed by atoms with Crippen LogP contribution in [-0.4, -0.2) is 34.9 Å². The van der Waals surface area contributed by atoms with Crippen LogP contribution in [0, 0.1) is 0 Å². The highest BCUT2D eigenvalue weighted by atomic mass is 32.1. The van der Waals surface area contributed by atoms with Crippen LogP contribution in [0.25, 0.3) is 10.6 Å². The molecule has 1 aliphatic carbocycles. The molecule has 126 valence electrons. The molecule has 0 saturated carbocycles. The second kappa shape index (κ2) is 6.65. The molecule has 4 rings (SSSR count). The van der Waals surface area contributed by atoms with Crippen LogP contribution in [0.3, 0.4) is 0 Å². The van der Waals surface area contributed by atoms with Crippen LogP contribution in [0.1, 0.15) is 46.6 Å². The molecule has 1 atom stereocenters. The molecule has 1 saturated heterocycles. The number of fused-ring (bicyclic) bond motifs is 1. The Balaban J connectivity index is 1.60. The molecule has 1 fully saturated rings. The van der Waals surface area contributed by atoms with Crippen molar-refractivity contribution < 1.29 is 4.79 Å². The zero-order chi connectivity index (χ0) is 16.5. The fourth-order valence-electron chi connectivity index (χ4n) is 3.95. The summed E-state index contributed by atoms with van der Waals surface area (Å²) in [6, 6.07) is 8.20. The van der Waals surface area contributed by atoms with Gasteiger partial charge in [0, 0.05) is 22.0 Å². The number of primary amides is 1. The van der Waals surface area contributed by atoms with Crippen LogP contribution in [0.15, 0.2) is 24.3 Å². The molecule has 1 aromatic carbocycles. The SMILES string of the molecule is NC(=O)c1ccccc1-c1nc2c(s1)C[C@@H](N1CCCCC1)CC2. The van der Waals surface area contributed by atoms with Gasteiger partial charge in [-0.3, -0.25) is 4.79 Å². The summed E-state index contributed by atoms with van der Waals surface area (Å²) in [5.41, 5.74) is 8.19. The van der Waals surface area contributed by atoms with E-state index in [0.717, 1.165) is 23.4 Å². The molecule has 0 radical (unpaired) electrons. The third kappa shape index (κ3) is 2.98. The molecule has 2 aliphatic rings. The Morgan fingerprint density at radius 2 is 2.00 bits per heavy atom. The summed E-state index contributed by atoms with van der Waals surface area (Å²) in [6.07, 6.45) is 7.40. The Morgan fingerprint density at radius 1 is 1.21 bits per heavy atom. The molecule has 0 unspecified atom stereocenters. The molecule has 24 heavy (non-hydrogen) atoms. The molecule has 0 bridgehead atoms. The average molecular weight is 341 g/mol. The number of piperidine rings is 1.